The lowest BCUT2D eigenvalue weighted by Crippen LogP contribution is -2.42. The Balaban J connectivity index is 0.00000576. The molecule has 1 aromatic rings. The van der Waals surface area contributed by atoms with Gasteiger partial charge in [0, 0.05) is 0 Å². The van der Waals surface area contributed by atoms with Crippen molar-refractivity contribution in [1.29, 1.82) is 0 Å². The lowest BCUT2D eigenvalue weighted by Gasteiger charge is -2.25. The van der Waals surface area contributed by atoms with Crippen molar-refractivity contribution in [3.05, 3.63) is 34.9 Å². The van der Waals surface area contributed by atoms with Crippen molar-refractivity contribution >= 4 is 18.4 Å². The third-order valence-electron chi connectivity index (χ3n) is 2.96. The quantitative estimate of drug-likeness (QED) is 0.603. The zero-order valence-corrected chi connectivity index (χ0v) is 13.2. The molecule has 12 heteroatoms. The first kappa shape index (κ1) is 23.4. The van der Waals surface area contributed by atoms with Gasteiger partial charge in [0.25, 0.3) is 0 Å². The zero-order valence-electron chi connectivity index (χ0n) is 12.3. The molecule has 0 saturated carbocycles. The molecule has 0 aliphatic heterocycles. The van der Waals surface area contributed by atoms with Crippen LogP contribution in [0.15, 0.2) is 18.2 Å². The van der Waals surface area contributed by atoms with Crippen molar-refractivity contribution < 1.29 is 44.7 Å². The van der Waals surface area contributed by atoms with Gasteiger partial charge in [-0.05, 0) is 30.7 Å². The Bertz CT molecular complexity index is 615. The number of halogens is 9. The normalized spacial score (nSPS) is 13.8. The van der Waals surface area contributed by atoms with Gasteiger partial charge in [-0.25, -0.2) is 4.79 Å². The predicted octanol–water partition coefficient (Wildman–Crippen LogP) is 4.34. The first-order valence-corrected chi connectivity index (χ1v) is 6.31. The highest BCUT2D eigenvalue weighted by molar-refractivity contribution is 5.85. The van der Waals surface area contributed by atoms with Gasteiger partial charge in [0.05, 0.1) is 17.7 Å². The van der Waals surface area contributed by atoms with Crippen molar-refractivity contribution in [3.8, 4) is 0 Å². The fourth-order valence-corrected chi connectivity index (χ4v) is 1.80. The highest BCUT2D eigenvalue weighted by atomic mass is 35.5. The largest absolute Gasteiger partial charge is 0.462 e. The van der Waals surface area contributed by atoms with E-state index < -0.39 is 53.6 Å². The summed E-state index contributed by atoms with van der Waals surface area (Å²) in [6.07, 6.45) is -10.3. The highest BCUT2D eigenvalue weighted by Crippen LogP contribution is 2.41. The van der Waals surface area contributed by atoms with Crippen LogP contribution >= 0.6 is 12.4 Å². The topological polar surface area (TPSA) is 52.3 Å². The van der Waals surface area contributed by atoms with Crippen molar-refractivity contribution in [1.82, 2.24) is 0 Å². The molecule has 0 spiro atoms. The number of nitrogens with two attached hydrogens (primary N) is 1. The second-order valence-electron chi connectivity index (χ2n) is 4.62. The second kappa shape index (κ2) is 7.73. The minimum atomic E-state index is -5.25. The number of carbonyl (C=O) groups is 1. The molecule has 25 heavy (non-hydrogen) atoms. The molecular weight excluding hydrogens is 390 g/mol. The molecular formula is C13H12ClF8NO2. The summed E-state index contributed by atoms with van der Waals surface area (Å²) in [6.45, 7) is 0.640. The minimum absolute atomic E-state index is 0. The Morgan fingerprint density at radius 3 is 2.00 bits per heavy atom. The van der Waals surface area contributed by atoms with Crippen LogP contribution in [0.4, 0.5) is 35.1 Å². The summed E-state index contributed by atoms with van der Waals surface area (Å²) in [5.41, 5.74) is 0.0260. The predicted molar refractivity (Wildman–Crippen MR) is 72.2 cm³/mol. The van der Waals surface area contributed by atoms with Crippen LogP contribution in [-0.4, -0.2) is 18.5 Å². The molecule has 3 nitrogen and oxygen atoms in total. The highest BCUT2D eigenvalue weighted by Gasteiger charge is 2.51. The average Bonchev–Trinajstić information content (AvgIpc) is 2.44. The number of ether oxygens (including phenoxy) is 1. The Labute approximate surface area is 142 Å². The molecule has 1 aromatic carbocycles. The molecule has 0 saturated heterocycles. The second-order valence-corrected chi connectivity index (χ2v) is 4.62. The molecule has 144 valence electrons. The molecule has 1 atom stereocenters. The van der Waals surface area contributed by atoms with Crippen LogP contribution in [0, 0.1) is 0 Å². The maximum Gasteiger partial charge on any atom is 0.416 e. The summed E-state index contributed by atoms with van der Waals surface area (Å²) in [5, 5.41) is 0. The first-order valence-electron chi connectivity index (χ1n) is 6.31. The molecule has 0 bridgehead atoms. The summed E-state index contributed by atoms with van der Waals surface area (Å²) < 4.78 is 108. The van der Waals surface area contributed by atoms with Gasteiger partial charge in [-0.2, -0.15) is 35.1 Å². The van der Waals surface area contributed by atoms with Crippen LogP contribution in [-0.2, 0) is 21.9 Å². The number of alkyl halides is 8. The molecule has 2 N–H and O–H groups in total. The van der Waals surface area contributed by atoms with E-state index in [0.717, 1.165) is 6.92 Å². The van der Waals surface area contributed by atoms with Gasteiger partial charge in [0.2, 0.25) is 0 Å². The molecule has 0 unspecified atom stereocenters. The summed E-state index contributed by atoms with van der Waals surface area (Å²) in [6, 6.07) is -3.06. The third-order valence-corrected chi connectivity index (χ3v) is 2.96. The number of hydrogen-bond donors (Lipinski definition) is 1. The number of esters is 1. The SMILES string of the molecule is CCOC(=O)C(F)(F)[C@H](N)c1cc(C(F)(F)F)ccc1C(F)(F)F.Cl. The first-order chi connectivity index (χ1) is 10.7. The maximum atomic E-state index is 13.8. The number of hydrogen-bond acceptors (Lipinski definition) is 3. The summed E-state index contributed by atoms with van der Waals surface area (Å²) >= 11 is 0. The molecule has 0 radical (unpaired) electrons. The molecule has 0 aliphatic rings. The molecule has 0 fully saturated rings. The number of carbonyl (C=O) groups excluding carboxylic acids is 1. The lowest BCUT2D eigenvalue weighted by atomic mass is 9.93. The van der Waals surface area contributed by atoms with Crippen molar-refractivity contribution in [2.75, 3.05) is 6.61 Å². The minimum Gasteiger partial charge on any atom is -0.462 e. The smallest absolute Gasteiger partial charge is 0.416 e. The Morgan fingerprint density at radius 2 is 1.60 bits per heavy atom. The van der Waals surface area contributed by atoms with Gasteiger partial charge < -0.3 is 10.5 Å². The van der Waals surface area contributed by atoms with Crippen LogP contribution < -0.4 is 5.73 Å². The van der Waals surface area contributed by atoms with Gasteiger partial charge in [0.1, 0.15) is 6.04 Å². The molecule has 0 amide bonds. The molecule has 1 rings (SSSR count). The van der Waals surface area contributed by atoms with E-state index in [1.807, 2.05) is 0 Å². The molecule has 0 aliphatic carbocycles. The Kier molecular flexibility index (Phi) is 7.23. The molecule has 0 heterocycles. The fourth-order valence-electron chi connectivity index (χ4n) is 1.80. The van der Waals surface area contributed by atoms with Gasteiger partial charge in [-0.3, -0.25) is 0 Å². The van der Waals surface area contributed by atoms with E-state index in [4.69, 9.17) is 5.73 Å². The molecule has 0 aromatic heterocycles. The maximum absolute atomic E-state index is 13.8. The van der Waals surface area contributed by atoms with E-state index in [-0.39, 0.29) is 30.6 Å². The van der Waals surface area contributed by atoms with Gasteiger partial charge >= 0.3 is 24.2 Å². The van der Waals surface area contributed by atoms with Crippen LogP contribution in [0.2, 0.25) is 0 Å². The summed E-state index contributed by atoms with van der Waals surface area (Å²) in [7, 11) is 0. The van der Waals surface area contributed by atoms with E-state index in [9.17, 15) is 39.9 Å². The summed E-state index contributed by atoms with van der Waals surface area (Å²) in [4.78, 5) is 11.2. The van der Waals surface area contributed by atoms with Gasteiger partial charge in [-0.1, -0.05) is 0 Å². The van der Waals surface area contributed by atoms with Crippen LogP contribution in [0.25, 0.3) is 0 Å². The number of benzene rings is 1. The van der Waals surface area contributed by atoms with Crippen LogP contribution in [0.5, 0.6) is 0 Å². The zero-order chi connectivity index (χ0) is 18.9. The van der Waals surface area contributed by atoms with E-state index in [2.05, 4.69) is 4.74 Å². The summed E-state index contributed by atoms with van der Waals surface area (Å²) in [5.74, 6) is -6.89. The number of rotatable bonds is 4. The van der Waals surface area contributed by atoms with Gasteiger partial charge in [-0.15, -0.1) is 12.4 Å². The fraction of sp³-hybridized carbons (Fsp3) is 0.462. The van der Waals surface area contributed by atoms with Crippen molar-refractivity contribution in [2.45, 2.75) is 31.2 Å². The average molecular weight is 402 g/mol. The van der Waals surface area contributed by atoms with E-state index in [1.54, 1.807) is 0 Å². The van der Waals surface area contributed by atoms with Crippen LogP contribution in [0.3, 0.4) is 0 Å². The van der Waals surface area contributed by atoms with Crippen LogP contribution in [0.1, 0.15) is 29.7 Å². The Hall–Kier alpha value is -1.62. The van der Waals surface area contributed by atoms with Gasteiger partial charge in [0.15, 0.2) is 0 Å². The third kappa shape index (κ3) is 5.18. The monoisotopic (exact) mass is 401 g/mol. The lowest BCUT2D eigenvalue weighted by molar-refractivity contribution is -0.175. The van der Waals surface area contributed by atoms with E-state index in [1.165, 1.54) is 0 Å². The van der Waals surface area contributed by atoms with E-state index in [0.29, 0.717) is 0 Å². The standard InChI is InChI=1S/C13H11F8NO2.ClH/c1-2-24-10(23)11(14,15)9(22)7-5-6(12(16,17)18)3-4-8(7)13(19,20)21;/h3-5,9H,2,22H2,1H3;1H/t9-;/m1./s1. The van der Waals surface area contributed by atoms with Crippen molar-refractivity contribution in [2.24, 2.45) is 5.73 Å². The Morgan fingerprint density at radius 1 is 1.08 bits per heavy atom. The van der Waals surface area contributed by atoms with E-state index >= 15 is 0 Å². The van der Waals surface area contributed by atoms with Crippen molar-refractivity contribution in [3.63, 3.8) is 0 Å².